The van der Waals surface area contributed by atoms with Crippen LogP contribution in [0.1, 0.15) is 32.1 Å². The highest BCUT2D eigenvalue weighted by molar-refractivity contribution is 5.05. The predicted octanol–water partition coefficient (Wildman–Crippen LogP) is 0.606. The Morgan fingerprint density at radius 3 is 2.29 bits per heavy atom. The third-order valence-corrected chi connectivity index (χ3v) is 4.29. The van der Waals surface area contributed by atoms with Gasteiger partial charge in [-0.05, 0) is 26.3 Å². The molecule has 0 aromatic rings. The van der Waals surface area contributed by atoms with Crippen molar-refractivity contribution in [3.63, 3.8) is 0 Å². The van der Waals surface area contributed by atoms with Gasteiger partial charge in [-0.1, -0.05) is 12.8 Å². The fraction of sp³-hybridized carbons (Fsp3) is 1.00. The van der Waals surface area contributed by atoms with E-state index < -0.39 is 5.60 Å². The SMILES string of the molecule is CN1CCC(O)(C2(CO)CCCC2)C1. The Balaban J connectivity index is 2.18. The third-order valence-electron chi connectivity index (χ3n) is 4.29. The second-order valence-corrected chi connectivity index (χ2v) is 5.16. The molecule has 0 spiro atoms. The largest absolute Gasteiger partial charge is 0.396 e. The molecule has 0 bridgehead atoms. The van der Waals surface area contributed by atoms with Gasteiger partial charge >= 0.3 is 0 Å². The lowest BCUT2D eigenvalue weighted by Gasteiger charge is -2.41. The van der Waals surface area contributed by atoms with Crippen LogP contribution < -0.4 is 0 Å². The van der Waals surface area contributed by atoms with Crippen LogP contribution in [0.5, 0.6) is 0 Å². The molecular weight excluding hydrogens is 178 g/mol. The summed E-state index contributed by atoms with van der Waals surface area (Å²) in [5, 5.41) is 20.2. The first-order chi connectivity index (χ1) is 6.62. The molecule has 2 fully saturated rings. The summed E-state index contributed by atoms with van der Waals surface area (Å²) in [4.78, 5) is 2.16. The summed E-state index contributed by atoms with van der Waals surface area (Å²) in [6, 6.07) is 0. The van der Waals surface area contributed by atoms with Gasteiger partial charge in [-0.25, -0.2) is 0 Å². The number of aliphatic hydroxyl groups excluding tert-OH is 1. The lowest BCUT2D eigenvalue weighted by atomic mass is 9.70. The monoisotopic (exact) mass is 199 g/mol. The topological polar surface area (TPSA) is 43.7 Å². The maximum absolute atomic E-state index is 10.6. The van der Waals surface area contributed by atoms with Gasteiger partial charge in [0.25, 0.3) is 0 Å². The summed E-state index contributed by atoms with van der Waals surface area (Å²) in [6.45, 7) is 1.84. The highest BCUT2D eigenvalue weighted by Crippen LogP contribution is 2.49. The van der Waals surface area contributed by atoms with E-state index in [-0.39, 0.29) is 12.0 Å². The van der Waals surface area contributed by atoms with Crippen LogP contribution in [0.15, 0.2) is 0 Å². The molecule has 3 heteroatoms. The van der Waals surface area contributed by atoms with E-state index in [0.717, 1.165) is 45.2 Å². The molecule has 0 aromatic carbocycles. The van der Waals surface area contributed by atoms with Crippen LogP contribution in [0.4, 0.5) is 0 Å². The number of nitrogens with zero attached hydrogens (tertiary/aromatic N) is 1. The molecule has 2 rings (SSSR count). The molecule has 1 unspecified atom stereocenters. The van der Waals surface area contributed by atoms with Gasteiger partial charge < -0.3 is 15.1 Å². The maximum atomic E-state index is 10.6. The summed E-state index contributed by atoms with van der Waals surface area (Å²) >= 11 is 0. The van der Waals surface area contributed by atoms with Crippen LogP contribution in [0.25, 0.3) is 0 Å². The van der Waals surface area contributed by atoms with Crippen LogP contribution in [0.3, 0.4) is 0 Å². The highest BCUT2D eigenvalue weighted by atomic mass is 16.3. The molecule has 1 heterocycles. The Hall–Kier alpha value is -0.120. The first kappa shape index (κ1) is 10.4. The molecule has 1 saturated heterocycles. The number of β-amino-alcohol motifs (C(OH)–C–C–N with tert-alkyl or cyclic N) is 1. The Morgan fingerprint density at radius 2 is 1.86 bits per heavy atom. The summed E-state index contributed by atoms with van der Waals surface area (Å²) in [5.41, 5.74) is -0.829. The van der Waals surface area contributed by atoms with Crippen molar-refractivity contribution in [3.8, 4) is 0 Å². The maximum Gasteiger partial charge on any atom is 0.0863 e. The van der Waals surface area contributed by atoms with Crippen molar-refractivity contribution in [3.05, 3.63) is 0 Å². The van der Waals surface area contributed by atoms with Gasteiger partial charge in [0.15, 0.2) is 0 Å². The van der Waals surface area contributed by atoms with E-state index in [1.165, 1.54) is 0 Å². The molecule has 1 aliphatic carbocycles. The second-order valence-electron chi connectivity index (χ2n) is 5.16. The van der Waals surface area contributed by atoms with E-state index in [4.69, 9.17) is 0 Å². The van der Waals surface area contributed by atoms with E-state index in [9.17, 15) is 10.2 Å². The normalized spacial score (nSPS) is 37.9. The Labute approximate surface area is 85.7 Å². The van der Waals surface area contributed by atoms with Crippen molar-refractivity contribution in [2.24, 2.45) is 5.41 Å². The molecule has 82 valence electrons. The van der Waals surface area contributed by atoms with Gasteiger partial charge in [-0.3, -0.25) is 0 Å². The quantitative estimate of drug-likeness (QED) is 0.684. The first-order valence-corrected chi connectivity index (χ1v) is 5.64. The van der Waals surface area contributed by atoms with Gasteiger partial charge in [0.2, 0.25) is 0 Å². The third kappa shape index (κ3) is 1.38. The van der Waals surface area contributed by atoms with Crippen molar-refractivity contribution in [1.82, 2.24) is 4.90 Å². The number of rotatable bonds is 2. The van der Waals surface area contributed by atoms with E-state index in [0.29, 0.717) is 0 Å². The number of hydrogen-bond donors (Lipinski definition) is 2. The zero-order chi connectivity index (χ0) is 10.2. The Bertz CT molecular complexity index is 213. The predicted molar refractivity (Wildman–Crippen MR) is 55.1 cm³/mol. The summed E-state index contributed by atoms with van der Waals surface area (Å²) in [7, 11) is 2.04. The average Bonchev–Trinajstić information content (AvgIpc) is 2.74. The van der Waals surface area contributed by atoms with Crippen molar-refractivity contribution >= 4 is 0 Å². The molecule has 0 radical (unpaired) electrons. The van der Waals surface area contributed by atoms with Crippen molar-refractivity contribution in [2.75, 3.05) is 26.7 Å². The molecule has 14 heavy (non-hydrogen) atoms. The fourth-order valence-electron chi connectivity index (χ4n) is 3.24. The van der Waals surface area contributed by atoms with E-state index in [2.05, 4.69) is 4.90 Å². The molecule has 1 saturated carbocycles. The zero-order valence-electron chi connectivity index (χ0n) is 9.00. The summed E-state index contributed by atoms with van der Waals surface area (Å²) in [5.74, 6) is 0. The first-order valence-electron chi connectivity index (χ1n) is 5.64. The van der Waals surface area contributed by atoms with Crippen LogP contribution >= 0.6 is 0 Å². The van der Waals surface area contributed by atoms with Crippen LogP contribution in [-0.2, 0) is 0 Å². The van der Waals surface area contributed by atoms with Crippen LogP contribution in [-0.4, -0.2) is 47.5 Å². The average molecular weight is 199 g/mol. The van der Waals surface area contributed by atoms with Crippen LogP contribution in [0, 0.1) is 5.41 Å². The second kappa shape index (κ2) is 3.47. The standard InChI is InChI=1S/C11H21NO2/c1-12-7-6-11(14,8-12)10(9-13)4-2-3-5-10/h13-14H,2-9H2,1H3. The molecule has 2 aliphatic rings. The van der Waals surface area contributed by atoms with Crippen molar-refractivity contribution < 1.29 is 10.2 Å². The fourth-order valence-corrected chi connectivity index (χ4v) is 3.24. The van der Waals surface area contributed by atoms with E-state index >= 15 is 0 Å². The van der Waals surface area contributed by atoms with Crippen LogP contribution in [0.2, 0.25) is 0 Å². The minimum atomic E-state index is -0.632. The van der Waals surface area contributed by atoms with Gasteiger partial charge in [-0.2, -0.15) is 0 Å². The zero-order valence-corrected chi connectivity index (χ0v) is 9.00. The minimum Gasteiger partial charge on any atom is -0.396 e. The number of likely N-dealkylation sites (N-methyl/N-ethyl adjacent to an activating group) is 1. The summed E-state index contributed by atoms with van der Waals surface area (Å²) in [6.07, 6.45) is 5.13. The Morgan fingerprint density at radius 1 is 1.21 bits per heavy atom. The summed E-state index contributed by atoms with van der Waals surface area (Å²) < 4.78 is 0. The highest BCUT2D eigenvalue weighted by Gasteiger charge is 2.53. The van der Waals surface area contributed by atoms with E-state index in [1.807, 2.05) is 7.05 Å². The number of aliphatic hydroxyl groups is 2. The molecule has 1 aliphatic heterocycles. The molecule has 0 amide bonds. The molecule has 2 N–H and O–H groups in total. The minimum absolute atomic E-state index is 0.150. The molecular formula is C11H21NO2. The van der Waals surface area contributed by atoms with Gasteiger partial charge in [-0.15, -0.1) is 0 Å². The number of likely N-dealkylation sites (tertiary alicyclic amines) is 1. The van der Waals surface area contributed by atoms with Crippen molar-refractivity contribution in [1.29, 1.82) is 0 Å². The lowest BCUT2D eigenvalue weighted by Crippen LogP contribution is -2.50. The molecule has 1 atom stereocenters. The number of hydrogen-bond acceptors (Lipinski definition) is 3. The van der Waals surface area contributed by atoms with Crippen molar-refractivity contribution in [2.45, 2.75) is 37.7 Å². The Kier molecular flexibility index (Phi) is 2.58. The van der Waals surface area contributed by atoms with Gasteiger partial charge in [0.05, 0.1) is 12.2 Å². The lowest BCUT2D eigenvalue weighted by molar-refractivity contribution is -0.0972. The van der Waals surface area contributed by atoms with Gasteiger partial charge in [0.1, 0.15) is 0 Å². The molecule has 0 aromatic heterocycles. The molecule has 3 nitrogen and oxygen atoms in total. The van der Waals surface area contributed by atoms with Gasteiger partial charge in [0, 0.05) is 18.5 Å². The smallest absolute Gasteiger partial charge is 0.0863 e. The van der Waals surface area contributed by atoms with E-state index in [1.54, 1.807) is 0 Å².